The largest absolute Gasteiger partial charge is 0.460 e. The van der Waals surface area contributed by atoms with E-state index in [-0.39, 0.29) is 18.2 Å². The van der Waals surface area contributed by atoms with Crippen LogP contribution in [0.3, 0.4) is 0 Å². The van der Waals surface area contributed by atoms with E-state index < -0.39 is 23.6 Å². The summed E-state index contributed by atoms with van der Waals surface area (Å²) in [6, 6.07) is 13.4. The fraction of sp³-hybridized carbons (Fsp3) is 0.481. The zero-order valence-electron chi connectivity index (χ0n) is 18.6. The van der Waals surface area contributed by atoms with E-state index in [4.69, 9.17) is 14.2 Å². The van der Waals surface area contributed by atoms with Crippen molar-refractivity contribution in [3.63, 3.8) is 0 Å². The number of hydrogen-bond acceptors (Lipinski definition) is 5. The first-order valence-corrected chi connectivity index (χ1v) is 11.6. The van der Waals surface area contributed by atoms with Crippen LogP contribution in [0.2, 0.25) is 0 Å². The van der Waals surface area contributed by atoms with Gasteiger partial charge in [-0.3, -0.25) is 4.79 Å². The van der Waals surface area contributed by atoms with E-state index in [9.17, 15) is 9.59 Å². The average molecular weight is 433 g/mol. The van der Waals surface area contributed by atoms with Gasteiger partial charge in [0.15, 0.2) is 0 Å². The van der Waals surface area contributed by atoms with Crippen LogP contribution in [-0.4, -0.2) is 35.9 Å². The summed E-state index contributed by atoms with van der Waals surface area (Å²) in [5.41, 5.74) is -0.102. The third kappa shape index (κ3) is 2.94. The monoisotopic (exact) mass is 432 g/mol. The molecule has 4 aliphatic rings. The molecule has 3 fully saturated rings. The highest BCUT2D eigenvalue weighted by Crippen LogP contribution is 2.62. The van der Waals surface area contributed by atoms with Crippen LogP contribution < -0.4 is 0 Å². The molecule has 0 N–H and O–H groups in total. The van der Waals surface area contributed by atoms with Crippen LogP contribution in [-0.2, 0) is 19.0 Å². The Kier molecular flexibility index (Phi) is 4.32. The van der Waals surface area contributed by atoms with Crippen molar-refractivity contribution in [3.05, 3.63) is 60.2 Å². The minimum Gasteiger partial charge on any atom is -0.460 e. The predicted molar refractivity (Wildman–Crippen MR) is 119 cm³/mol. The Bertz CT molecular complexity index is 1120. The first-order valence-electron chi connectivity index (χ1n) is 11.6. The van der Waals surface area contributed by atoms with Crippen LogP contribution in [0.1, 0.15) is 37.6 Å². The molecule has 32 heavy (non-hydrogen) atoms. The zero-order valence-corrected chi connectivity index (χ0v) is 18.6. The summed E-state index contributed by atoms with van der Waals surface area (Å²) in [5.74, 6) is 0.168. The van der Waals surface area contributed by atoms with E-state index in [0.717, 1.165) is 17.2 Å². The Morgan fingerprint density at radius 2 is 1.62 bits per heavy atom. The second kappa shape index (κ2) is 6.92. The second-order valence-electron chi connectivity index (χ2n) is 10.6. The highest BCUT2D eigenvalue weighted by Gasteiger charge is 2.69. The number of fused-ring (bicyclic) bond motifs is 10. The van der Waals surface area contributed by atoms with Gasteiger partial charge in [-0.05, 0) is 61.8 Å². The van der Waals surface area contributed by atoms with Gasteiger partial charge in [-0.2, -0.15) is 0 Å². The normalized spacial score (nSPS) is 36.5. The van der Waals surface area contributed by atoms with E-state index in [0.29, 0.717) is 29.2 Å². The van der Waals surface area contributed by atoms with Gasteiger partial charge in [0, 0.05) is 5.92 Å². The standard InChI is InChI=1S/C27H28O5/c1-27(2,3)32-26(29)21-22-19-15-11-12-16(13-15)20(19)23(30-22)24(21)31-25(28)18-10-6-8-14-7-4-5-9-17(14)18/h4-12,15-16,19-24H,13H2,1-3H3. The van der Waals surface area contributed by atoms with Gasteiger partial charge in [-0.25, -0.2) is 4.79 Å². The Labute approximate surface area is 187 Å². The van der Waals surface area contributed by atoms with Crippen LogP contribution in [0.15, 0.2) is 54.6 Å². The summed E-state index contributed by atoms with van der Waals surface area (Å²) in [6.45, 7) is 5.58. The lowest BCUT2D eigenvalue weighted by molar-refractivity contribution is -0.166. The fourth-order valence-corrected chi connectivity index (χ4v) is 6.57. The number of esters is 2. The van der Waals surface area contributed by atoms with Crippen LogP contribution in [0.4, 0.5) is 0 Å². The summed E-state index contributed by atoms with van der Waals surface area (Å²) in [5, 5.41) is 1.83. The molecule has 0 amide bonds. The minimum atomic E-state index is -0.629. The topological polar surface area (TPSA) is 61.8 Å². The molecule has 5 nitrogen and oxygen atoms in total. The van der Waals surface area contributed by atoms with E-state index >= 15 is 0 Å². The van der Waals surface area contributed by atoms with Crippen molar-refractivity contribution in [2.24, 2.45) is 29.6 Å². The van der Waals surface area contributed by atoms with E-state index in [1.54, 1.807) is 6.07 Å². The molecule has 2 saturated heterocycles. The van der Waals surface area contributed by atoms with Crippen LogP contribution in [0, 0.1) is 29.6 Å². The molecule has 2 heterocycles. The van der Waals surface area contributed by atoms with Crippen molar-refractivity contribution in [2.75, 3.05) is 0 Å². The maximum Gasteiger partial charge on any atom is 0.339 e. The molecule has 4 bridgehead atoms. The molecule has 8 unspecified atom stereocenters. The molecule has 0 spiro atoms. The first kappa shape index (κ1) is 20.0. The molecule has 1 saturated carbocycles. The lowest BCUT2D eigenvalue weighted by Crippen LogP contribution is -2.51. The number of carbonyl (C=O) groups is 2. The molecule has 6 rings (SSSR count). The van der Waals surface area contributed by atoms with Crippen molar-refractivity contribution in [3.8, 4) is 0 Å². The van der Waals surface area contributed by atoms with Gasteiger partial charge < -0.3 is 14.2 Å². The van der Waals surface area contributed by atoms with Gasteiger partial charge in [-0.1, -0.05) is 48.6 Å². The Morgan fingerprint density at radius 1 is 0.938 bits per heavy atom. The van der Waals surface area contributed by atoms with Crippen molar-refractivity contribution < 1.29 is 23.8 Å². The number of allylic oxidation sites excluding steroid dienone is 2. The Morgan fingerprint density at radius 3 is 2.38 bits per heavy atom. The molecule has 166 valence electrons. The molecule has 8 atom stereocenters. The summed E-state index contributed by atoms with van der Waals surface area (Å²) in [7, 11) is 0. The number of hydrogen-bond donors (Lipinski definition) is 0. The van der Waals surface area contributed by atoms with E-state index in [1.165, 1.54) is 0 Å². The van der Waals surface area contributed by atoms with Gasteiger partial charge in [0.2, 0.25) is 0 Å². The summed E-state index contributed by atoms with van der Waals surface area (Å²) in [4.78, 5) is 26.6. The highest BCUT2D eigenvalue weighted by molar-refractivity contribution is 6.04. The Hall–Kier alpha value is -2.66. The smallest absolute Gasteiger partial charge is 0.339 e. The Balaban J connectivity index is 1.34. The second-order valence-corrected chi connectivity index (χ2v) is 10.6. The van der Waals surface area contributed by atoms with Gasteiger partial charge >= 0.3 is 11.9 Å². The molecular weight excluding hydrogens is 404 g/mol. The number of carbonyl (C=O) groups excluding carboxylic acids is 2. The molecule has 0 aromatic heterocycles. The first-order chi connectivity index (χ1) is 15.3. The van der Waals surface area contributed by atoms with Crippen LogP contribution in [0.5, 0.6) is 0 Å². The molecule has 5 heteroatoms. The predicted octanol–water partition coefficient (Wildman–Crippen LogP) is 4.54. The number of benzene rings is 2. The van der Waals surface area contributed by atoms with Crippen molar-refractivity contribution in [2.45, 2.75) is 51.1 Å². The van der Waals surface area contributed by atoms with Gasteiger partial charge in [0.05, 0.1) is 17.8 Å². The summed E-state index contributed by atoms with van der Waals surface area (Å²) < 4.78 is 18.3. The van der Waals surface area contributed by atoms with Crippen molar-refractivity contribution >= 4 is 22.7 Å². The molecule has 0 radical (unpaired) electrons. The quantitative estimate of drug-likeness (QED) is 0.526. The van der Waals surface area contributed by atoms with Gasteiger partial charge in [0.1, 0.15) is 17.6 Å². The maximum atomic E-state index is 13.4. The van der Waals surface area contributed by atoms with E-state index in [1.807, 2.05) is 57.2 Å². The lowest BCUT2D eigenvalue weighted by Gasteiger charge is -2.38. The number of ether oxygens (including phenoxy) is 3. The third-order valence-electron chi connectivity index (χ3n) is 7.62. The van der Waals surface area contributed by atoms with Gasteiger partial charge in [-0.15, -0.1) is 0 Å². The van der Waals surface area contributed by atoms with Crippen molar-refractivity contribution in [1.82, 2.24) is 0 Å². The molecule has 2 aliphatic carbocycles. The molecule has 2 aromatic carbocycles. The summed E-state index contributed by atoms with van der Waals surface area (Å²) >= 11 is 0. The molecular formula is C27H28O5. The van der Waals surface area contributed by atoms with Crippen LogP contribution >= 0.6 is 0 Å². The van der Waals surface area contributed by atoms with Gasteiger partial charge in [0.25, 0.3) is 0 Å². The SMILES string of the molecule is CC(C)(C)OC(=O)C1C(OC(=O)c2cccc3ccccc23)C2OC1C1C3C=CC(C3)C21. The maximum absolute atomic E-state index is 13.4. The average Bonchev–Trinajstić information content (AvgIpc) is 3.51. The van der Waals surface area contributed by atoms with Crippen molar-refractivity contribution in [1.29, 1.82) is 0 Å². The third-order valence-corrected chi connectivity index (χ3v) is 7.62. The zero-order chi connectivity index (χ0) is 22.2. The van der Waals surface area contributed by atoms with E-state index in [2.05, 4.69) is 12.2 Å². The molecule has 2 aliphatic heterocycles. The van der Waals surface area contributed by atoms with Crippen LogP contribution in [0.25, 0.3) is 10.8 Å². The minimum absolute atomic E-state index is 0.259. The fourth-order valence-electron chi connectivity index (χ4n) is 6.57. The summed E-state index contributed by atoms with van der Waals surface area (Å²) in [6.07, 6.45) is 4.51. The highest BCUT2D eigenvalue weighted by atomic mass is 16.6. The lowest BCUT2D eigenvalue weighted by atomic mass is 9.68. The number of rotatable bonds is 3. The molecule has 2 aromatic rings.